The first-order valence-electron chi connectivity index (χ1n) is 3.27. The molecule has 0 amide bonds. The van der Waals surface area contributed by atoms with Crippen LogP contribution in [0.4, 0.5) is 4.39 Å². The molecule has 0 saturated heterocycles. The SMILES string of the molecule is O=S(=O)(O)Cc1cc(Br)ccc1F. The van der Waals surface area contributed by atoms with E-state index in [1.807, 2.05) is 0 Å². The Morgan fingerprint density at radius 3 is 2.62 bits per heavy atom. The highest BCUT2D eigenvalue weighted by atomic mass is 79.9. The Morgan fingerprint density at radius 2 is 2.08 bits per heavy atom. The molecule has 0 aliphatic heterocycles. The third-order valence-electron chi connectivity index (χ3n) is 1.35. The summed E-state index contributed by atoms with van der Waals surface area (Å²) in [5.74, 6) is -1.36. The zero-order valence-corrected chi connectivity index (χ0v) is 8.77. The Labute approximate surface area is 83.5 Å². The lowest BCUT2D eigenvalue weighted by Crippen LogP contribution is -2.03. The van der Waals surface area contributed by atoms with Crippen LogP contribution in [-0.4, -0.2) is 13.0 Å². The van der Waals surface area contributed by atoms with Crippen molar-refractivity contribution < 1.29 is 17.4 Å². The fourth-order valence-electron chi connectivity index (χ4n) is 0.850. The molecule has 13 heavy (non-hydrogen) atoms. The van der Waals surface area contributed by atoms with Gasteiger partial charge in [0, 0.05) is 10.0 Å². The van der Waals surface area contributed by atoms with Gasteiger partial charge in [0.25, 0.3) is 10.1 Å². The zero-order valence-electron chi connectivity index (χ0n) is 6.37. The molecule has 0 aliphatic rings. The summed E-state index contributed by atoms with van der Waals surface area (Å²) in [4.78, 5) is 0. The summed E-state index contributed by atoms with van der Waals surface area (Å²) in [6, 6.07) is 3.89. The summed E-state index contributed by atoms with van der Waals surface area (Å²) in [6.07, 6.45) is 0. The summed E-state index contributed by atoms with van der Waals surface area (Å²) >= 11 is 3.06. The second-order valence-electron chi connectivity index (χ2n) is 2.46. The zero-order chi connectivity index (χ0) is 10.1. The van der Waals surface area contributed by atoms with Gasteiger partial charge in [-0.1, -0.05) is 15.9 Å². The van der Waals surface area contributed by atoms with Crippen molar-refractivity contribution in [3.8, 4) is 0 Å². The van der Waals surface area contributed by atoms with E-state index in [9.17, 15) is 12.8 Å². The topological polar surface area (TPSA) is 54.4 Å². The molecule has 1 N–H and O–H groups in total. The van der Waals surface area contributed by atoms with Crippen LogP contribution in [0.5, 0.6) is 0 Å². The summed E-state index contributed by atoms with van der Waals surface area (Å²) < 4.78 is 42.8. The molecule has 3 nitrogen and oxygen atoms in total. The van der Waals surface area contributed by atoms with E-state index in [4.69, 9.17) is 4.55 Å². The van der Waals surface area contributed by atoms with Crippen molar-refractivity contribution in [3.63, 3.8) is 0 Å². The monoisotopic (exact) mass is 268 g/mol. The van der Waals surface area contributed by atoms with Crippen LogP contribution >= 0.6 is 15.9 Å². The molecule has 1 aromatic rings. The maximum Gasteiger partial charge on any atom is 0.269 e. The van der Waals surface area contributed by atoms with Crippen molar-refractivity contribution in [2.24, 2.45) is 0 Å². The van der Waals surface area contributed by atoms with Gasteiger partial charge in [0.2, 0.25) is 0 Å². The molecular weight excluding hydrogens is 263 g/mol. The predicted molar refractivity (Wildman–Crippen MR) is 49.4 cm³/mol. The quantitative estimate of drug-likeness (QED) is 0.835. The minimum absolute atomic E-state index is 0.0584. The predicted octanol–water partition coefficient (Wildman–Crippen LogP) is 1.98. The standard InChI is InChI=1S/C7H6BrFO3S/c8-6-1-2-7(9)5(3-6)4-13(10,11)12/h1-3H,4H2,(H,10,11,12). The van der Waals surface area contributed by atoms with E-state index in [1.165, 1.54) is 12.1 Å². The van der Waals surface area contributed by atoms with Gasteiger partial charge in [-0.25, -0.2) is 4.39 Å². The molecule has 0 aliphatic carbocycles. The van der Waals surface area contributed by atoms with Crippen molar-refractivity contribution in [2.45, 2.75) is 5.75 Å². The Morgan fingerprint density at radius 1 is 1.46 bits per heavy atom. The van der Waals surface area contributed by atoms with E-state index in [2.05, 4.69) is 15.9 Å². The maximum atomic E-state index is 12.9. The van der Waals surface area contributed by atoms with Gasteiger partial charge in [-0.15, -0.1) is 0 Å². The Balaban J connectivity index is 3.08. The molecule has 1 aromatic carbocycles. The van der Waals surface area contributed by atoms with Gasteiger partial charge in [-0.2, -0.15) is 8.42 Å². The van der Waals surface area contributed by atoms with Crippen molar-refractivity contribution in [2.75, 3.05) is 0 Å². The van der Waals surface area contributed by atoms with Crippen molar-refractivity contribution in [1.82, 2.24) is 0 Å². The smallest absolute Gasteiger partial charge is 0.269 e. The molecule has 0 heterocycles. The molecule has 72 valence electrons. The molecule has 0 aromatic heterocycles. The lowest BCUT2D eigenvalue weighted by Gasteiger charge is -2.00. The maximum absolute atomic E-state index is 12.9. The van der Waals surface area contributed by atoms with Gasteiger partial charge in [0.1, 0.15) is 11.6 Å². The van der Waals surface area contributed by atoms with Crippen LogP contribution in [0, 0.1) is 5.82 Å². The highest BCUT2D eigenvalue weighted by molar-refractivity contribution is 9.10. The summed E-state index contributed by atoms with van der Waals surface area (Å²) in [7, 11) is -4.18. The van der Waals surface area contributed by atoms with E-state index in [1.54, 1.807) is 0 Å². The average Bonchev–Trinajstić information content (AvgIpc) is 1.94. The summed E-state index contributed by atoms with van der Waals surface area (Å²) in [5, 5.41) is 0. The molecule has 0 atom stereocenters. The minimum Gasteiger partial charge on any atom is -0.285 e. The van der Waals surface area contributed by atoms with Crippen LogP contribution < -0.4 is 0 Å². The fraction of sp³-hybridized carbons (Fsp3) is 0.143. The van der Waals surface area contributed by atoms with Gasteiger partial charge in [0.05, 0.1) is 0 Å². The highest BCUT2D eigenvalue weighted by Gasteiger charge is 2.11. The van der Waals surface area contributed by atoms with Gasteiger partial charge >= 0.3 is 0 Å². The van der Waals surface area contributed by atoms with E-state index in [-0.39, 0.29) is 5.56 Å². The van der Waals surface area contributed by atoms with Crippen molar-refractivity contribution >= 4 is 26.0 Å². The highest BCUT2D eigenvalue weighted by Crippen LogP contribution is 2.17. The number of halogens is 2. The second-order valence-corrected chi connectivity index (χ2v) is 4.83. The molecule has 0 radical (unpaired) electrons. The molecular formula is C7H6BrFO3S. The third-order valence-corrected chi connectivity index (χ3v) is 2.51. The molecule has 0 fully saturated rings. The lowest BCUT2D eigenvalue weighted by atomic mass is 10.2. The van der Waals surface area contributed by atoms with Crippen LogP contribution in [0.2, 0.25) is 0 Å². The normalized spacial score (nSPS) is 11.6. The summed E-state index contributed by atoms with van der Waals surface area (Å²) in [5.41, 5.74) is -0.0584. The first kappa shape index (κ1) is 10.6. The molecule has 0 bridgehead atoms. The second kappa shape index (κ2) is 3.73. The lowest BCUT2D eigenvalue weighted by molar-refractivity contribution is 0.480. The van der Waals surface area contributed by atoms with E-state index in [0.717, 1.165) is 6.07 Å². The number of hydrogen-bond donors (Lipinski definition) is 1. The van der Waals surface area contributed by atoms with E-state index >= 15 is 0 Å². The number of hydrogen-bond acceptors (Lipinski definition) is 2. The van der Waals surface area contributed by atoms with Gasteiger partial charge in [-0.3, -0.25) is 4.55 Å². The van der Waals surface area contributed by atoms with Crippen molar-refractivity contribution in [3.05, 3.63) is 34.1 Å². The fourth-order valence-corrected chi connectivity index (χ4v) is 1.87. The van der Waals surface area contributed by atoms with E-state index < -0.39 is 21.7 Å². The number of benzene rings is 1. The minimum atomic E-state index is -4.18. The van der Waals surface area contributed by atoms with Gasteiger partial charge in [-0.05, 0) is 18.2 Å². The Bertz CT molecular complexity index is 416. The van der Waals surface area contributed by atoms with Crippen LogP contribution in [0.25, 0.3) is 0 Å². The average molecular weight is 269 g/mol. The molecule has 0 unspecified atom stereocenters. The van der Waals surface area contributed by atoms with Gasteiger partial charge < -0.3 is 0 Å². The third kappa shape index (κ3) is 3.41. The number of rotatable bonds is 2. The molecule has 1 rings (SSSR count). The summed E-state index contributed by atoms with van der Waals surface area (Å²) in [6.45, 7) is 0. The first-order chi connectivity index (χ1) is 5.88. The Hall–Kier alpha value is -0.460. The van der Waals surface area contributed by atoms with Crippen LogP contribution in [0.15, 0.2) is 22.7 Å². The largest absolute Gasteiger partial charge is 0.285 e. The van der Waals surface area contributed by atoms with Crippen LogP contribution in [-0.2, 0) is 15.9 Å². The van der Waals surface area contributed by atoms with Gasteiger partial charge in [0.15, 0.2) is 0 Å². The first-order valence-corrected chi connectivity index (χ1v) is 5.68. The Kier molecular flexibility index (Phi) is 3.05. The molecule has 0 spiro atoms. The van der Waals surface area contributed by atoms with E-state index in [0.29, 0.717) is 4.47 Å². The molecule has 0 saturated carbocycles. The van der Waals surface area contributed by atoms with Crippen molar-refractivity contribution in [1.29, 1.82) is 0 Å². The van der Waals surface area contributed by atoms with Crippen LogP contribution in [0.3, 0.4) is 0 Å². The van der Waals surface area contributed by atoms with Crippen LogP contribution in [0.1, 0.15) is 5.56 Å². The molecule has 6 heteroatoms.